The summed E-state index contributed by atoms with van der Waals surface area (Å²) in [6.45, 7) is 1.78. The average Bonchev–Trinajstić information content (AvgIpc) is 2.66. The molecule has 0 aliphatic carbocycles. The first kappa shape index (κ1) is 20.7. The van der Waals surface area contributed by atoms with Crippen molar-refractivity contribution in [3.05, 3.63) is 35.4 Å². The molecule has 0 atom stereocenters. The van der Waals surface area contributed by atoms with E-state index < -0.39 is 11.8 Å². The molecule has 146 valence electrons. The summed E-state index contributed by atoms with van der Waals surface area (Å²) < 4.78 is 10.3. The molecule has 1 heterocycles. The van der Waals surface area contributed by atoms with Crippen LogP contribution >= 0.6 is 11.6 Å². The lowest BCUT2D eigenvalue weighted by Crippen LogP contribution is -2.40. The summed E-state index contributed by atoms with van der Waals surface area (Å²) in [6, 6.07) is 4.83. The van der Waals surface area contributed by atoms with Crippen molar-refractivity contribution < 1.29 is 23.9 Å². The van der Waals surface area contributed by atoms with Gasteiger partial charge < -0.3 is 24.6 Å². The molecule has 1 aromatic carbocycles. The molecule has 1 N–H and O–H groups in total. The number of amides is 3. The fraction of sp³-hybridized carbons (Fsp3) is 0.389. The molecular formula is C18H22ClN3O5. The van der Waals surface area contributed by atoms with Gasteiger partial charge in [-0.25, -0.2) is 0 Å². The minimum atomic E-state index is -0.454. The Morgan fingerprint density at radius 2 is 2.00 bits per heavy atom. The van der Waals surface area contributed by atoms with Crippen molar-refractivity contribution in [2.45, 2.75) is 0 Å². The third kappa shape index (κ3) is 6.26. The van der Waals surface area contributed by atoms with Crippen LogP contribution in [0.25, 0.3) is 0 Å². The number of rotatable bonds is 6. The number of carbonyl (C=O) groups is 3. The molecule has 3 amide bonds. The summed E-state index contributed by atoms with van der Waals surface area (Å²) in [4.78, 5) is 39.1. The summed E-state index contributed by atoms with van der Waals surface area (Å²) in [5.74, 6) is -0.671. The van der Waals surface area contributed by atoms with Crippen molar-refractivity contribution in [3.63, 3.8) is 0 Å². The third-order valence-corrected chi connectivity index (χ3v) is 4.12. The molecule has 1 aromatic rings. The predicted molar refractivity (Wildman–Crippen MR) is 101 cm³/mol. The van der Waals surface area contributed by atoms with E-state index in [9.17, 15) is 14.4 Å². The van der Waals surface area contributed by atoms with Gasteiger partial charge in [0.1, 0.15) is 5.75 Å². The molecule has 1 aliphatic rings. The zero-order chi connectivity index (χ0) is 19.8. The second-order valence-electron chi connectivity index (χ2n) is 5.86. The molecule has 0 aromatic heterocycles. The number of anilines is 1. The first-order valence-electron chi connectivity index (χ1n) is 8.34. The van der Waals surface area contributed by atoms with Crippen LogP contribution in [0.5, 0.6) is 5.75 Å². The Hall–Kier alpha value is -2.58. The molecule has 1 saturated heterocycles. The Bertz CT molecular complexity index is 732. The largest absolute Gasteiger partial charge is 0.495 e. The molecule has 0 unspecified atom stereocenters. The lowest BCUT2D eigenvalue weighted by atomic mass is 10.3. The van der Waals surface area contributed by atoms with Gasteiger partial charge in [-0.3, -0.25) is 14.4 Å². The molecule has 0 radical (unpaired) electrons. The lowest BCUT2D eigenvalue weighted by Gasteiger charge is -2.25. The Kier molecular flexibility index (Phi) is 7.63. The van der Waals surface area contributed by atoms with E-state index in [-0.39, 0.29) is 12.5 Å². The number of nitrogens with one attached hydrogen (secondary N) is 1. The number of likely N-dealkylation sites (N-methyl/N-ethyl adjacent to an activating group) is 1. The van der Waals surface area contributed by atoms with Gasteiger partial charge >= 0.3 is 0 Å². The van der Waals surface area contributed by atoms with Crippen molar-refractivity contribution >= 4 is 35.0 Å². The Labute approximate surface area is 162 Å². The fourth-order valence-corrected chi connectivity index (χ4v) is 2.59. The van der Waals surface area contributed by atoms with Crippen LogP contribution in [0.2, 0.25) is 5.02 Å². The second kappa shape index (κ2) is 9.94. The van der Waals surface area contributed by atoms with E-state index in [1.807, 2.05) is 0 Å². The molecule has 9 heteroatoms. The van der Waals surface area contributed by atoms with Gasteiger partial charge in [-0.15, -0.1) is 0 Å². The number of carbonyl (C=O) groups excluding carboxylic acids is 3. The highest BCUT2D eigenvalue weighted by molar-refractivity contribution is 6.31. The van der Waals surface area contributed by atoms with Crippen LogP contribution in [0, 0.1) is 0 Å². The van der Waals surface area contributed by atoms with E-state index >= 15 is 0 Å². The molecule has 2 rings (SSSR count). The maximum atomic E-state index is 12.2. The van der Waals surface area contributed by atoms with Crippen LogP contribution < -0.4 is 10.1 Å². The van der Waals surface area contributed by atoms with Gasteiger partial charge in [0.2, 0.25) is 17.7 Å². The van der Waals surface area contributed by atoms with Gasteiger partial charge in [-0.05, 0) is 18.2 Å². The number of halogens is 1. The molecule has 0 saturated carbocycles. The Balaban J connectivity index is 1.88. The quantitative estimate of drug-likeness (QED) is 0.730. The average molecular weight is 396 g/mol. The minimum absolute atomic E-state index is 0.190. The zero-order valence-corrected chi connectivity index (χ0v) is 16.0. The van der Waals surface area contributed by atoms with E-state index in [1.54, 1.807) is 23.1 Å². The fourth-order valence-electron chi connectivity index (χ4n) is 2.42. The molecule has 27 heavy (non-hydrogen) atoms. The second-order valence-corrected chi connectivity index (χ2v) is 6.29. The SMILES string of the molecule is COc1ccc(Cl)cc1NC(=O)CN(C)C(=O)C=CC(=O)N1CCOCC1. The summed E-state index contributed by atoms with van der Waals surface area (Å²) in [7, 11) is 2.95. The van der Waals surface area contributed by atoms with Gasteiger partial charge in [0, 0.05) is 37.3 Å². The van der Waals surface area contributed by atoms with Crippen LogP contribution in [0.4, 0.5) is 5.69 Å². The third-order valence-electron chi connectivity index (χ3n) is 3.88. The van der Waals surface area contributed by atoms with Crippen molar-refractivity contribution in [3.8, 4) is 5.75 Å². The first-order chi connectivity index (χ1) is 12.9. The summed E-state index contributed by atoms with van der Waals surface area (Å²) in [5.41, 5.74) is 0.411. The highest BCUT2D eigenvalue weighted by Gasteiger charge is 2.16. The van der Waals surface area contributed by atoms with Gasteiger partial charge in [-0.2, -0.15) is 0 Å². The van der Waals surface area contributed by atoms with Gasteiger partial charge in [-0.1, -0.05) is 11.6 Å². The zero-order valence-electron chi connectivity index (χ0n) is 15.2. The standard InChI is InChI=1S/C18H22ClN3O5/c1-21(17(24)5-6-18(25)22-7-9-27-10-8-22)12-16(23)20-14-11-13(19)3-4-15(14)26-2/h3-6,11H,7-10,12H2,1-2H3,(H,20,23). The van der Waals surface area contributed by atoms with Gasteiger partial charge in [0.05, 0.1) is 32.6 Å². The lowest BCUT2D eigenvalue weighted by molar-refractivity contribution is -0.131. The van der Waals surface area contributed by atoms with E-state index in [0.29, 0.717) is 42.8 Å². The van der Waals surface area contributed by atoms with Crippen LogP contribution in [-0.2, 0) is 19.1 Å². The number of ether oxygens (including phenoxy) is 2. The van der Waals surface area contributed by atoms with Crippen LogP contribution in [0.15, 0.2) is 30.4 Å². The number of hydrogen-bond acceptors (Lipinski definition) is 5. The Morgan fingerprint density at radius 1 is 1.30 bits per heavy atom. The van der Waals surface area contributed by atoms with Crippen molar-refractivity contribution in [1.82, 2.24) is 9.80 Å². The van der Waals surface area contributed by atoms with Crippen molar-refractivity contribution in [2.75, 3.05) is 52.3 Å². The van der Waals surface area contributed by atoms with E-state index in [0.717, 1.165) is 6.08 Å². The van der Waals surface area contributed by atoms with Crippen molar-refractivity contribution in [1.29, 1.82) is 0 Å². The molecule has 1 fully saturated rings. The summed E-state index contributed by atoms with van der Waals surface area (Å²) in [5, 5.41) is 3.09. The molecular weight excluding hydrogens is 374 g/mol. The van der Waals surface area contributed by atoms with E-state index in [2.05, 4.69) is 5.32 Å². The molecule has 0 spiro atoms. The predicted octanol–water partition coefficient (Wildman–Crippen LogP) is 1.16. The molecule has 8 nitrogen and oxygen atoms in total. The van der Waals surface area contributed by atoms with Crippen LogP contribution in [0.1, 0.15) is 0 Å². The molecule has 1 aliphatic heterocycles. The topological polar surface area (TPSA) is 88.2 Å². The van der Waals surface area contributed by atoms with Gasteiger partial charge in [0.15, 0.2) is 0 Å². The van der Waals surface area contributed by atoms with Crippen LogP contribution in [-0.4, -0.2) is 74.5 Å². The highest BCUT2D eigenvalue weighted by atomic mass is 35.5. The maximum Gasteiger partial charge on any atom is 0.246 e. The maximum absolute atomic E-state index is 12.2. The summed E-state index contributed by atoms with van der Waals surface area (Å²) in [6.07, 6.45) is 2.37. The smallest absolute Gasteiger partial charge is 0.246 e. The van der Waals surface area contributed by atoms with Crippen LogP contribution in [0.3, 0.4) is 0 Å². The normalized spacial score (nSPS) is 14.1. The number of methoxy groups -OCH3 is 1. The number of benzene rings is 1. The van der Waals surface area contributed by atoms with E-state index in [4.69, 9.17) is 21.1 Å². The number of morpholine rings is 1. The van der Waals surface area contributed by atoms with Gasteiger partial charge in [0.25, 0.3) is 0 Å². The Morgan fingerprint density at radius 3 is 2.67 bits per heavy atom. The minimum Gasteiger partial charge on any atom is -0.495 e. The first-order valence-corrected chi connectivity index (χ1v) is 8.71. The highest BCUT2D eigenvalue weighted by Crippen LogP contribution is 2.27. The number of hydrogen-bond donors (Lipinski definition) is 1. The monoisotopic (exact) mass is 395 g/mol. The number of nitrogens with zero attached hydrogens (tertiary/aromatic N) is 2. The molecule has 0 bridgehead atoms. The van der Waals surface area contributed by atoms with E-state index in [1.165, 1.54) is 25.1 Å². The van der Waals surface area contributed by atoms with Crippen molar-refractivity contribution in [2.24, 2.45) is 0 Å². The summed E-state index contributed by atoms with van der Waals surface area (Å²) >= 11 is 5.92.